The first-order valence-corrected chi connectivity index (χ1v) is 3.98. The van der Waals surface area contributed by atoms with Gasteiger partial charge >= 0.3 is 0 Å². The van der Waals surface area contributed by atoms with Crippen LogP contribution in [0.2, 0.25) is 0 Å². The number of fused-ring (bicyclic) bond motifs is 1. The highest BCUT2D eigenvalue weighted by atomic mass is 16.1. The molecule has 2 fully saturated rings. The van der Waals surface area contributed by atoms with E-state index in [1.54, 1.807) is 4.90 Å². The maximum absolute atomic E-state index is 10.6. The summed E-state index contributed by atoms with van der Waals surface area (Å²) in [4.78, 5) is 12.2. The molecule has 0 radical (unpaired) electrons. The van der Waals surface area contributed by atoms with Crippen molar-refractivity contribution in [2.75, 3.05) is 6.54 Å². The second kappa shape index (κ2) is 2.23. The predicted molar refractivity (Wildman–Crippen MR) is 38.4 cm³/mol. The zero-order chi connectivity index (χ0) is 7.84. The molecule has 0 amide bonds. The highest BCUT2D eigenvalue weighted by Gasteiger charge is 2.46. The van der Waals surface area contributed by atoms with E-state index in [2.05, 4.69) is 6.19 Å². The first-order chi connectivity index (χ1) is 5.36. The SMILES string of the molecule is N#CN1CC2CCC2C1C=O. The van der Waals surface area contributed by atoms with Gasteiger partial charge in [0.2, 0.25) is 0 Å². The molecule has 1 aliphatic carbocycles. The van der Waals surface area contributed by atoms with Crippen LogP contribution in [0.3, 0.4) is 0 Å². The summed E-state index contributed by atoms with van der Waals surface area (Å²) in [6, 6.07) is -0.0984. The number of nitrogens with zero attached hydrogens (tertiary/aromatic N) is 2. The first kappa shape index (κ1) is 6.66. The Morgan fingerprint density at radius 3 is 2.82 bits per heavy atom. The van der Waals surface area contributed by atoms with Crippen molar-refractivity contribution in [3.63, 3.8) is 0 Å². The molecule has 3 atom stereocenters. The number of likely N-dealkylation sites (tertiary alicyclic amines) is 1. The summed E-state index contributed by atoms with van der Waals surface area (Å²) >= 11 is 0. The minimum atomic E-state index is -0.0984. The maximum atomic E-state index is 10.6. The van der Waals surface area contributed by atoms with Gasteiger partial charge in [0, 0.05) is 6.54 Å². The van der Waals surface area contributed by atoms with Crippen LogP contribution in [0.1, 0.15) is 12.8 Å². The van der Waals surface area contributed by atoms with E-state index in [0.29, 0.717) is 11.8 Å². The Bertz CT molecular complexity index is 221. The van der Waals surface area contributed by atoms with E-state index in [-0.39, 0.29) is 6.04 Å². The summed E-state index contributed by atoms with van der Waals surface area (Å²) in [5.74, 6) is 1.12. The molecule has 1 aliphatic heterocycles. The van der Waals surface area contributed by atoms with Crippen molar-refractivity contribution in [3.05, 3.63) is 0 Å². The quantitative estimate of drug-likeness (QED) is 0.401. The zero-order valence-corrected chi connectivity index (χ0v) is 6.23. The van der Waals surface area contributed by atoms with Crippen LogP contribution in [0.4, 0.5) is 0 Å². The van der Waals surface area contributed by atoms with Gasteiger partial charge in [-0.25, -0.2) is 0 Å². The average Bonchev–Trinajstić information content (AvgIpc) is 2.23. The lowest BCUT2D eigenvalue weighted by molar-refractivity contribution is -0.112. The minimum absolute atomic E-state index is 0.0984. The summed E-state index contributed by atoms with van der Waals surface area (Å²) in [7, 11) is 0. The lowest BCUT2D eigenvalue weighted by Gasteiger charge is -2.30. The minimum Gasteiger partial charge on any atom is -0.301 e. The van der Waals surface area contributed by atoms with Crippen LogP contribution >= 0.6 is 0 Å². The van der Waals surface area contributed by atoms with Crippen molar-refractivity contribution in [1.82, 2.24) is 4.90 Å². The van der Waals surface area contributed by atoms with Crippen molar-refractivity contribution in [1.29, 1.82) is 5.26 Å². The summed E-state index contributed by atoms with van der Waals surface area (Å²) in [5.41, 5.74) is 0. The Kier molecular flexibility index (Phi) is 1.35. The fourth-order valence-corrected chi connectivity index (χ4v) is 2.16. The number of rotatable bonds is 1. The Labute approximate surface area is 65.6 Å². The standard InChI is InChI=1S/C8H10N2O/c9-5-10-3-6-1-2-7(6)8(10)4-11/h4,6-8H,1-3H2. The maximum Gasteiger partial charge on any atom is 0.180 e. The molecule has 0 aromatic carbocycles. The largest absolute Gasteiger partial charge is 0.301 e. The third-order valence-electron chi connectivity index (χ3n) is 2.97. The molecule has 2 aliphatic rings. The molecule has 1 saturated carbocycles. The fourth-order valence-electron chi connectivity index (χ4n) is 2.16. The summed E-state index contributed by atoms with van der Waals surface area (Å²) < 4.78 is 0. The van der Waals surface area contributed by atoms with Crippen molar-refractivity contribution in [3.8, 4) is 6.19 Å². The van der Waals surface area contributed by atoms with Gasteiger partial charge in [0.05, 0.1) is 6.04 Å². The summed E-state index contributed by atoms with van der Waals surface area (Å²) in [5, 5.41) is 8.65. The third kappa shape index (κ3) is 0.756. The van der Waals surface area contributed by atoms with Crippen molar-refractivity contribution in [2.45, 2.75) is 18.9 Å². The average molecular weight is 150 g/mol. The molecule has 1 saturated heterocycles. The molecule has 11 heavy (non-hydrogen) atoms. The Morgan fingerprint density at radius 1 is 1.55 bits per heavy atom. The smallest absolute Gasteiger partial charge is 0.180 e. The lowest BCUT2D eigenvalue weighted by atomic mass is 9.73. The van der Waals surface area contributed by atoms with Gasteiger partial charge in [-0.1, -0.05) is 0 Å². The molecule has 0 spiro atoms. The molecule has 0 bridgehead atoms. The fraction of sp³-hybridized carbons (Fsp3) is 0.750. The van der Waals surface area contributed by atoms with E-state index < -0.39 is 0 Å². The number of hydrogen-bond donors (Lipinski definition) is 0. The van der Waals surface area contributed by atoms with Crippen LogP contribution in [0.5, 0.6) is 0 Å². The van der Waals surface area contributed by atoms with Gasteiger partial charge in [-0.05, 0) is 24.7 Å². The lowest BCUT2D eigenvalue weighted by Crippen LogP contribution is -2.33. The number of aldehydes is 1. The van der Waals surface area contributed by atoms with Crippen LogP contribution in [-0.2, 0) is 4.79 Å². The monoisotopic (exact) mass is 150 g/mol. The highest BCUT2D eigenvalue weighted by Crippen LogP contribution is 2.43. The zero-order valence-electron chi connectivity index (χ0n) is 6.23. The molecule has 0 aromatic heterocycles. The molecular formula is C8H10N2O. The van der Waals surface area contributed by atoms with Crippen LogP contribution in [0, 0.1) is 23.3 Å². The number of carbonyl (C=O) groups excluding carboxylic acids is 1. The van der Waals surface area contributed by atoms with Crippen LogP contribution in [0.15, 0.2) is 0 Å². The first-order valence-electron chi connectivity index (χ1n) is 3.98. The van der Waals surface area contributed by atoms with E-state index >= 15 is 0 Å². The van der Waals surface area contributed by atoms with Crippen molar-refractivity contribution >= 4 is 6.29 Å². The van der Waals surface area contributed by atoms with Crippen LogP contribution < -0.4 is 0 Å². The Balaban J connectivity index is 2.15. The molecule has 2 rings (SSSR count). The Morgan fingerprint density at radius 2 is 2.36 bits per heavy atom. The number of carbonyl (C=O) groups is 1. The van der Waals surface area contributed by atoms with E-state index in [0.717, 1.165) is 19.3 Å². The predicted octanol–water partition coefficient (Wildman–Crippen LogP) is 0.377. The molecule has 3 unspecified atom stereocenters. The second-order valence-corrected chi connectivity index (χ2v) is 3.38. The van der Waals surface area contributed by atoms with Crippen LogP contribution in [-0.4, -0.2) is 23.8 Å². The molecule has 3 heteroatoms. The van der Waals surface area contributed by atoms with E-state index in [1.807, 2.05) is 0 Å². The van der Waals surface area contributed by atoms with Gasteiger partial charge in [0.1, 0.15) is 6.29 Å². The molecule has 0 aromatic rings. The normalized spacial score (nSPS) is 40.6. The molecule has 0 N–H and O–H groups in total. The highest BCUT2D eigenvalue weighted by molar-refractivity contribution is 5.60. The van der Waals surface area contributed by atoms with Crippen molar-refractivity contribution < 1.29 is 4.79 Å². The summed E-state index contributed by atoms with van der Waals surface area (Å²) in [6.45, 7) is 0.810. The Hall–Kier alpha value is -1.04. The van der Waals surface area contributed by atoms with Crippen LogP contribution in [0.25, 0.3) is 0 Å². The van der Waals surface area contributed by atoms with Crippen molar-refractivity contribution in [2.24, 2.45) is 11.8 Å². The van der Waals surface area contributed by atoms with E-state index in [9.17, 15) is 4.79 Å². The topological polar surface area (TPSA) is 44.1 Å². The summed E-state index contributed by atoms with van der Waals surface area (Å²) in [6.07, 6.45) is 5.32. The van der Waals surface area contributed by atoms with Gasteiger partial charge in [-0.15, -0.1) is 0 Å². The molecule has 1 heterocycles. The van der Waals surface area contributed by atoms with E-state index in [4.69, 9.17) is 5.26 Å². The number of hydrogen-bond acceptors (Lipinski definition) is 3. The van der Waals surface area contributed by atoms with Gasteiger partial charge in [0.15, 0.2) is 6.19 Å². The molecule has 3 nitrogen and oxygen atoms in total. The van der Waals surface area contributed by atoms with E-state index in [1.165, 1.54) is 6.42 Å². The second-order valence-electron chi connectivity index (χ2n) is 3.38. The van der Waals surface area contributed by atoms with Gasteiger partial charge in [-0.3, -0.25) is 4.90 Å². The van der Waals surface area contributed by atoms with Gasteiger partial charge < -0.3 is 4.79 Å². The van der Waals surface area contributed by atoms with Gasteiger partial charge in [0.25, 0.3) is 0 Å². The molecule has 58 valence electrons. The third-order valence-corrected chi connectivity index (χ3v) is 2.97. The number of nitriles is 1. The molecular weight excluding hydrogens is 140 g/mol. The van der Waals surface area contributed by atoms with Gasteiger partial charge in [-0.2, -0.15) is 5.26 Å².